The Balaban J connectivity index is 0.00000261. The van der Waals surface area contributed by atoms with Crippen LogP contribution in [0.2, 0.25) is 0 Å². The predicted molar refractivity (Wildman–Crippen MR) is 120 cm³/mol. The van der Waals surface area contributed by atoms with Crippen molar-refractivity contribution in [1.29, 1.82) is 0 Å². The molecule has 2 saturated carbocycles. The molecular formula is C20H32IN3O3. The van der Waals surface area contributed by atoms with Gasteiger partial charge in [0.1, 0.15) is 11.5 Å². The smallest absolute Gasteiger partial charge is 0.193 e. The first-order chi connectivity index (χ1) is 12.6. The van der Waals surface area contributed by atoms with E-state index in [9.17, 15) is 0 Å². The Hall–Kier alpha value is -1.22. The van der Waals surface area contributed by atoms with Crippen molar-refractivity contribution in [2.24, 2.45) is 16.1 Å². The molecule has 1 aromatic rings. The van der Waals surface area contributed by atoms with Gasteiger partial charge in [-0.25, -0.2) is 4.99 Å². The van der Waals surface area contributed by atoms with Crippen LogP contribution in [-0.2, 0) is 4.74 Å². The van der Waals surface area contributed by atoms with Crippen LogP contribution in [0, 0.1) is 5.41 Å². The van der Waals surface area contributed by atoms with Gasteiger partial charge in [0.2, 0.25) is 0 Å². The normalized spacial score (nSPS) is 23.9. The summed E-state index contributed by atoms with van der Waals surface area (Å²) in [6.07, 6.45) is 7.46. The number of halogens is 1. The van der Waals surface area contributed by atoms with Crippen LogP contribution in [0.15, 0.2) is 23.2 Å². The Morgan fingerprint density at radius 1 is 1.22 bits per heavy atom. The van der Waals surface area contributed by atoms with Crippen molar-refractivity contribution in [2.75, 3.05) is 26.1 Å². The summed E-state index contributed by atoms with van der Waals surface area (Å²) in [5.74, 6) is 1.86. The van der Waals surface area contributed by atoms with Crippen molar-refractivity contribution in [3.8, 4) is 11.5 Å². The van der Waals surface area contributed by atoms with E-state index < -0.39 is 0 Å². The van der Waals surface area contributed by atoms with E-state index in [0.29, 0.717) is 17.8 Å². The molecule has 0 heterocycles. The van der Waals surface area contributed by atoms with Crippen molar-refractivity contribution in [3.63, 3.8) is 0 Å². The minimum atomic E-state index is 0. The molecule has 2 aliphatic rings. The fourth-order valence-electron chi connectivity index (χ4n) is 4.46. The molecule has 6 nitrogen and oxygen atoms in total. The number of hydrogen-bond acceptors (Lipinski definition) is 4. The van der Waals surface area contributed by atoms with E-state index in [1.165, 1.54) is 32.1 Å². The molecule has 2 atom stereocenters. The summed E-state index contributed by atoms with van der Waals surface area (Å²) in [7, 11) is 3.27. The molecule has 0 radical (unpaired) electrons. The fraction of sp³-hybridized carbons (Fsp3) is 0.650. The fourth-order valence-corrected chi connectivity index (χ4v) is 4.46. The number of nitrogens with two attached hydrogens (primary N) is 1. The van der Waals surface area contributed by atoms with Gasteiger partial charge >= 0.3 is 0 Å². The third-order valence-electron chi connectivity index (χ3n) is 5.86. The first-order valence-electron chi connectivity index (χ1n) is 9.57. The molecule has 0 amide bonds. The van der Waals surface area contributed by atoms with E-state index in [1.807, 2.05) is 18.2 Å². The molecule has 2 unspecified atom stereocenters. The lowest BCUT2D eigenvalue weighted by Gasteiger charge is -2.55. The monoisotopic (exact) mass is 489 g/mol. The number of ether oxygens (including phenoxy) is 3. The molecule has 3 N–H and O–H groups in total. The number of benzene rings is 1. The summed E-state index contributed by atoms with van der Waals surface area (Å²) in [6, 6.07) is 5.79. The van der Waals surface area contributed by atoms with E-state index >= 15 is 0 Å². The zero-order valence-corrected chi connectivity index (χ0v) is 18.8. The van der Waals surface area contributed by atoms with Crippen LogP contribution < -0.4 is 20.5 Å². The second-order valence-electron chi connectivity index (χ2n) is 7.19. The van der Waals surface area contributed by atoms with Gasteiger partial charge in [-0.15, -0.1) is 24.0 Å². The van der Waals surface area contributed by atoms with E-state index in [-0.39, 0.29) is 35.4 Å². The van der Waals surface area contributed by atoms with Gasteiger partial charge in [-0.3, -0.25) is 0 Å². The van der Waals surface area contributed by atoms with Crippen LogP contribution in [0.5, 0.6) is 11.5 Å². The lowest BCUT2D eigenvalue weighted by Crippen LogP contribution is -2.58. The molecule has 0 saturated heterocycles. The van der Waals surface area contributed by atoms with Gasteiger partial charge < -0.3 is 25.3 Å². The zero-order valence-electron chi connectivity index (χ0n) is 16.5. The van der Waals surface area contributed by atoms with E-state index in [0.717, 1.165) is 24.5 Å². The second-order valence-corrected chi connectivity index (χ2v) is 7.19. The van der Waals surface area contributed by atoms with Crippen LogP contribution in [0.4, 0.5) is 5.69 Å². The number of nitrogens with one attached hydrogen (secondary N) is 1. The maximum atomic E-state index is 6.24. The molecule has 0 bridgehead atoms. The second kappa shape index (κ2) is 9.82. The molecule has 0 aliphatic heterocycles. The maximum absolute atomic E-state index is 6.24. The first kappa shape index (κ1) is 22.1. The van der Waals surface area contributed by atoms with Crippen LogP contribution in [0.25, 0.3) is 0 Å². The Morgan fingerprint density at radius 2 is 1.96 bits per heavy atom. The number of methoxy groups -OCH3 is 2. The highest BCUT2D eigenvalue weighted by molar-refractivity contribution is 14.0. The van der Waals surface area contributed by atoms with Gasteiger partial charge in [-0.2, -0.15) is 0 Å². The van der Waals surface area contributed by atoms with E-state index in [4.69, 9.17) is 24.9 Å². The number of aliphatic imine (C=N–C) groups is 1. The molecule has 27 heavy (non-hydrogen) atoms. The molecule has 1 spiro atoms. The Labute approximate surface area is 179 Å². The van der Waals surface area contributed by atoms with Gasteiger partial charge in [0, 0.05) is 18.1 Å². The molecule has 3 rings (SSSR count). The Kier molecular flexibility index (Phi) is 8.03. The third-order valence-corrected chi connectivity index (χ3v) is 5.86. The van der Waals surface area contributed by atoms with Gasteiger partial charge in [0.15, 0.2) is 5.96 Å². The average molecular weight is 489 g/mol. The molecular weight excluding hydrogens is 457 g/mol. The number of hydrogen-bond donors (Lipinski definition) is 2. The number of anilines is 1. The Bertz CT molecular complexity index is 647. The predicted octanol–water partition coefficient (Wildman–Crippen LogP) is 4.18. The molecule has 1 aromatic carbocycles. The summed E-state index contributed by atoms with van der Waals surface area (Å²) < 4.78 is 16.7. The Morgan fingerprint density at radius 3 is 2.59 bits per heavy atom. The molecule has 2 aliphatic carbocycles. The highest BCUT2D eigenvalue weighted by Gasteiger charge is 2.55. The summed E-state index contributed by atoms with van der Waals surface area (Å²) in [6.45, 7) is 2.83. The van der Waals surface area contributed by atoms with Gasteiger partial charge in [-0.1, -0.05) is 19.3 Å². The van der Waals surface area contributed by atoms with E-state index in [2.05, 4.69) is 12.2 Å². The summed E-state index contributed by atoms with van der Waals surface area (Å²) in [5, 5.41) is 3.19. The van der Waals surface area contributed by atoms with Crippen LogP contribution in [-0.4, -0.2) is 38.9 Å². The summed E-state index contributed by atoms with van der Waals surface area (Å²) in [5.41, 5.74) is 7.16. The SMILES string of the molecule is CCOC1CC(N=C(N)Nc2cc(OC)ccc2OC)C12CCCCC2.I. The van der Waals surface area contributed by atoms with Crippen molar-refractivity contribution in [3.05, 3.63) is 18.2 Å². The highest BCUT2D eigenvalue weighted by Crippen LogP contribution is 2.54. The molecule has 2 fully saturated rings. The van der Waals surface area contributed by atoms with Crippen LogP contribution >= 0.6 is 24.0 Å². The minimum absolute atomic E-state index is 0. The quantitative estimate of drug-likeness (QED) is 0.356. The van der Waals surface area contributed by atoms with E-state index in [1.54, 1.807) is 14.2 Å². The largest absolute Gasteiger partial charge is 0.497 e. The van der Waals surface area contributed by atoms with Gasteiger partial charge in [0.05, 0.1) is 32.1 Å². The molecule has 152 valence electrons. The van der Waals surface area contributed by atoms with Gasteiger partial charge in [-0.05, 0) is 38.3 Å². The lowest BCUT2D eigenvalue weighted by molar-refractivity contribution is -0.139. The molecule has 0 aromatic heterocycles. The summed E-state index contributed by atoms with van der Waals surface area (Å²) in [4.78, 5) is 4.82. The number of rotatable bonds is 6. The third kappa shape index (κ3) is 4.62. The molecule has 7 heteroatoms. The minimum Gasteiger partial charge on any atom is -0.497 e. The van der Waals surface area contributed by atoms with Crippen molar-refractivity contribution in [1.82, 2.24) is 0 Å². The van der Waals surface area contributed by atoms with Crippen molar-refractivity contribution < 1.29 is 14.2 Å². The highest BCUT2D eigenvalue weighted by atomic mass is 127. The van der Waals surface area contributed by atoms with Crippen molar-refractivity contribution in [2.45, 2.75) is 57.6 Å². The maximum Gasteiger partial charge on any atom is 0.193 e. The topological polar surface area (TPSA) is 78.1 Å². The zero-order chi connectivity index (χ0) is 18.6. The standard InChI is InChI=1S/C20H31N3O3.HI/c1-4-26-18-13-17(20(18)10-6-5-7-11-20)23-19(21)22-15-12-14(24-2)8-9-16(15)25-3;/h8-9,12,17-18H,4-7,10-11,13H2,1-3H3,(H3,21,22,23);1H. The summed E-state index contributed by atoms with van der Waals surface area (Å²) >= 11 is 0. The number of guanidine groups is 1. The van der Waals surface area contributed by atoms with Gasteiger partial charge in [0.25, 0.3) is 0 Å². The lowest BCUT2D eigenvalue weighted by atomic mass is 9.55. The number of nitrogens with zero attached hydrogens (tertiary/aromatic N) is 1. The van der Waals surface area contributed by atoms with Crippen LogP contribution in [0.3, 0.4) is 0 Å². The van der Waals surface area contributed by atoms with Crippen LogP contribution in [0.1, 0.15) is 45.4 Å². The van der Waals surface area contributed by atoms with Crippen molar-refractivity contribution >= 4 is 35.6 Å². The average Bonchev–Trinajstić information content (AvgIpc) is 2.67. The first-order valence-corrected chi connectivity index (χ1v) is 9.57.